The van der Waals surface area contributed by atoms with E-state index in [0.717, 1.165) is 45.9 Å². The van der Waals surface area contributed by atoms with Crippen LogP contribution in [0.3, 0.4) is 0 Å². The molecule has 4 heteroatoms. The van der Waals surface area contributed by atoms with E-state index in [1.165, 1.54) is 6.42 Å². The van der Waals surface area contributed by atoms with Gasteiger partial charge in [0, 0.05) is 32.8 Å². The molecule has 1 aliphatic heterocycles. The average Bonchev–Trinajstić information content (AvgIpc) is 2.29. The van der Waals surface area contributed by atoms with E-state index in [0.29, 0.717) is 6.54 Å². The van der Waals surface area contributed by atoms with Crippen molar-refractivity contribution in [1.82, 2.24) is 4.90 Å². The second kappa shape index (κ2) is 8.05. The van der Waals surface area contributed by atoms with Crippen molar-refractivity contribution in [3.63, 3.8) is 0 Å². The summed E-state index contributed by atoms with van der Waals surface area (Å²) >= 11 is 0. The van der Waals surface area contributed by atoms with Crippen LogP contribution in [-0.4, -0.2) is 57.0 Å². The van der Waals surface area contributed by atoms with Crippen molar-refractivity contribution < 1.29 is 9.47 Å². The summed E-state index contributed by atoms with van der Waals surface area (Å²) in [7, 11) is 0. The van der Waals surface area contributed by atoms with Gasteiger partial charge in [0.2, 0.25) is 0 Å². The normalized spacial score (nSPS) is 23.2. The molecule has 1 fully saturated rings. The minimum atomic E-state index is 0.217. The monoisotopic (exact) mass is 216 g/mol. The maximum absolute atomic E-state index is 5.58. The van der Waals surface area contributed by atoms with Crippen LogP contribution in [0.15, 0.2) is 0 Å². The molecular weight excluding hydrogens is 192 g/mol. The van der Waals surface area contributed by atoms with Gasteiger partial charge < -0.3 is 15.2 Å². The fourth-order valence-electron chi connectivity index (χ4n) is 1.67. The third-order valence-electron chi connectivity index (χ3n) is 2.68. The highest BCUT2D eigenvalue weighted by Crippen LogP contribution is 2.03. The van der Waals surface area contributed by atoms with Crippen molar-refractivity contribution in [3.05, 3.63) is 0 Å². The predicted octanol–water partition coefficient (Wildman–Crippen LogP) is 0.463. The van der Waals surface area contributed by atoms with Crippen LogP contribution in [0.2, 0.25) is 0 Å². The van der Waals surface area contributed by atoms with Gasteiger partial charge in [-0.1, -0.05) is 13.3 Å². The first-order valence-electron chi connectivity index (χ1n) is 5.98. The van der Waals surface area contributed by atoms with Gasteiger partial charge in [-0.05, 0) is 6.42 Å². The molecule has 1 rings (SSSR count). The van der Waals surface area contributed by atoms with Crippen LogP contribution in [0, 0.1) is 0 Å². The Morgan fingerprint density at radius 3 is 3.07 bits per heavy atom. The lowest BCUT2D eigenvalue weighted by molar-refractivity contribution is -0.0314. The molecule has 0 spiro atoms. The van der Waals surface area contributed by atoms with E-state index < -0.39 is 0 Å². The minimum Gasteiger partial charge on any atom is -0.380 e. The van der Waals surface area contributed by atoms with E-state index in [1.54, 1.807) is 0 Å². The van der Waals surface area contributed by atoms with E-state index in [9.17, 15) is 0 Å². The third kappa shape index (κ3) is 5.47. The molecule has 90 valence electrons. The van der Waals surface area contributed by atoms with Gasteiger partial charge in [0.1, 0.15) is 0 Å². The Balaban J connectivity index is 2.00. The lowest BCUT2D eigenvalue weighted by Crippen LogP contribution is -2.46. The number of ether oxygens (including phenoxy) is 2. The van der Waals surface area contributed by atoms with Gasteiger partial charge in [0.05, 0.1) is 19.3 Å². The first-order valence-corrected chi connectivity index (χ1v) is 5.98. The molecule has 0 aromatic carbocycles. The molecule has 0 aliphatic carbocycles. The van der Waals surface area contributed by atoms with Crippen LogP contribution in [-0.2, 0) is 9.47 Å². The average molecular weight is 216 g/mol. The fourth-order valence-corrected chi connectivity index (χ4v) is 1.67. The van der Waals surface area contributed by atoms with Gasteiger partial charge in [-0.15, -0.1) is 0 Å². The summed E-state index contributed by atoms with van der Waals surface area (Å²) < 4.78 is 11.0. The first kappa shape index (κ1) is 12.9. The van der Waals surface area contributed by atoms with E-state index in [-0.39, 0.29) is 6.10 Å². The third-order valence-corrected chi connectivity index (χ3v) is 2.68. The summed E-state index contributed by atoms with van der Waals surface area (Å²) in [6, 6.07) is 0. The summed E-state index contributed by atoms with van der Waals surface area (Å²) in [5, 5.41) is 0. The Morgan fingerprint density at radius 1 is 1.47 bits per heavy atom. The van der Waals surface area contributed by atoms with Crippen molar-refractivity contribution >= 4 is 0 Å². The molecule has 2 N–H and O–H groups in total. The Morgan fingerprint density at radius 2 is 2.33 bits per heavy atom. The Hall–Kier alpha value is -0.160. The summed E-state index contributed by atoms with van der Waals surface area (Å²) in [5.74, 6) is 0. The number of hydrogen-bond donors (Lipinski definition) is 1. The zero-order chi connectivity index (χ0) is 10.9. The van der Waals surface area contributed by atoms with Gasteiger partial charge >= 0.3 is 0 Å². The number of hydrogen-bond acceptors (Lipinski definition) is 4. The minimum absolute atomic E-state index is 0.217. The van der Waals surface area contributed by atoms with Gasteiger partial charge in [-0.25, -0.2) is 0 Å². The molecule has 1 atom stereocenters. The molecule has 0 radical (unpaired) electrons. The predicted molar refractivity (Wildman–Crippen MR) is 61.0 cm³/mol. The Bertz CT molecular complexity index is 156. The number of morpholine rings is 1. The highest BCUT2D eigenvalue weighted by Gasteiger charge is 2.18. The fraction of sp³-hybridized carbons (Fsp3) is 1.00. The second-order valence-electron chi connectivity index (χ2n) is 4.00. The molecular formula is C11H24N2O2. The van der Waals surface area contributed by atoms with Gasteiger partial charge in [0.15, 0.2) is 0 Å². The Kier molecular flexibility index (Phi) is 6.92. The molecule has 1 saturated heterocycles. The molecule has 15 heavy (non-hydrogen) atoms. The molecule has 1 heterocycles. The highest BCUT2D eigenvalue weighted by molar-refractivity contribution is 4.71. The van der Waals surface area contributed by atoms with Crippen LogP contribution in [0.25, 0.3) is 0 Å². The number of rotatable bonds is 7. The summed E-state index contributed by atoms with van der Waals surface area (Å²) in [4.78, 5) is 2.37. The standard InChI is InChI=1S/C11H24N2O2/c1-2-3-6-14-7-4-13-5-8-15-11(9-12)10-13/h11H,2-10,12H2,1H3. The summed E-state index contributed by atoms with van der Waals surface area (Å²) in [5.41, 5.74) is 5.58. The highest BCUT2D eigenvalue weighted by atomic mass is 16.5. The molecule has 0 saturated carbocycles. The quantitative estimate of drug-likeness (QED) is 0.628. The van der Waals surface area contributed by atoms with Crippen molar-refractivity contribution in [3.8, 4) is 0 Å². The van der Waals surface area contributed by atoms with Crippen molar-refractivity contribution in [1.29, 1.82) is 0 Å². The van der Waals surface area contributed by atoms with E-state index in [4.69, 9.17) is 15.2 Å². The van der Waals surface area contributed by atoms with E-state index in [1.807, 2.05) is 0 Å². The number of nitrogens with zero attached hydrogens (tertiary/aromatic N) is 1. The van der Waals surface area contributed by atoms with Crippen molar-refractivity contribution in [2.45, 2.75) is 25.9 Å². The maximum atomic E-state index is 5.58. The van der Waals surface area contributed by atoms with E-state index >= 15 is 0 Å². The summed E-state index contributed by atoms with van der Waals surface area (Å²) in [6.45, 7) is 8.28. The van der Waals surface area contributed by atoms with Crippen LogP contribution in [0.1, 0.15) is 19.8 Å². The van der Waals surface area contributed by atoms with Crippen LogP contribution in [0.5, 0.6) is 0 Å². The molecule has 0 aromatic heterocycles. The molecule has 0 bridgehead atoms. The van der Waals surface area contributed by atoms with Gasteiger partial charge in [0.25, 0.3) is 0 Å². The van der Waals surface area contributed by atoms with Crippen molar-refractivity contribution in [2.75, 3.05) is 46.0 Å². The number of nitrogens with two attached hydrogens (primary N) is 1. The lowest BCUT2D eigenvalue weighted by Gasteiger charge is -2.32. The smallest absolute Gasteiger partial charge is 0.0824 e. The second-order valence-corrected chi connectivity index (χ2v) is 4.00. The maximum Gasteiger partial charge on any atom is 0.0824 e. The molecule has 0 aromatic rings. The van der Waals surface area contributed by atoms with Gasteiger partial charge in [-0.3, -0.25) is 4.90 Å². The zero-order valence-electron chi connectivity index (χ0n) is 9.78. The number of unbranched alkanes of at least 4 members (excludes halogenated alkanes) is 1. The van der Waals surface area contributed by atoms with Crippen LogP contribution in [0.4, 0.5) is 0 Å². The molecule has 0 amide bonds. The molecule has 1 unspecified atom stereocenters. The Labute approximate surface area is 92.7 Å². The van der Waals surface area contributed by atoms with E-state index in [2.05, 4.69) is 11.8 Å². The topological polar surface area (TPSA) is 47.7 Å². The molecule has 4 nitrogen and oxygen atoms in total. The van der Waals surface area contributed by atoms with Crippen LogP contribution >= 0.6 is 0 Å². The largest absolute Gasteiger partial charge is 0.380 e. The van der Waals surface area contributed by atoms with Gasteiger partial charge in [-0.2, -0.15) is 0 Å². The zero-order valence-corrected chi connectivity index (χ0v) is 9.78. The lowest BCUT2D eigenvalue weighted by atomic mass is 10.3. The first-order chi connectivity index (χ1) is 7.36. The summed E-state index contributed by atoms with van der Waals surface area (Å²) in [6.07, 6.45) is 2.58. The SMILES string of the molecule is CCCCOCCN1CCOC(CN)C1. The molecule has 1 aliphatic rings. The van der Waals surface area contributed by atoms with Crippen molar-refractivity contribution in [2.24, 2.45) is 5.73 Å². The van der Waals surface area contributed by atoms with Crippen LogP contribution < -0.4 is 5.73 Å².